The number of hydrogen-bond donors (Lipinski definition) is 1. The molecule has 25 heavy (non-hydrogen) atoms. The second-order valence-corrected chi connectivity index (χ2v) is 6.02. The summed E-state index contributed by atoms with van der Waals surface area (Å²) in [6.45, 7) is -0.138. The molecule has 0 spiro atoms. The van der Waals surface area contributed by atoms with Gasteiger partial charge in [-0.2, -0.15) is 0 Å². The predicted octanol–water partition coefficient (Wildman–Crippen LogP) is 3.30. The van der Waals surface area contributed by atoms with Crippen molar-refractivity contribution in [2.45, 2.75) is 25.2 Å². The highest BCUT2D eigenvalue weighted by Crippen LogP contribution is 2.32. The number of methoxy groups -OCH3 is 1. The molecule has 5 heteroatoms. The van der Waals surface area contributed by atoms with Gasteiger partial charge in [-0.05, 0) is 54.7 Å². The third kappa shape index (κ3) is 4.18. The largest absolute Gasteiger partial charge is 0.482 e. The van der Waals surface area contributed by atoms with Gasteiger partial charge in [0, 0.05) is 5.69 Å². The first kappa shape index (κ1) is 17.0. The van der Waals surface area contributed by atoms with Crippen LogP contribution in [0.1, 0.15) is 29.9 Å². The van der Waals surface area contributed by atoms with E-state index in [-0.39, 0.29) is 18.4 Å². The van der Waals surface area contributed by atoms with E-state index < -0.39 is 5.97 Å². The van der Waals surface area contributed by atoms with Gasteiger partial charge in [0.15, 0.2) is 6.61 Å². The van der Waals surface area contributed by atoms with Crippen molar-refractivity contribution in [3.63, 3.8) is 0 Å². The number of nitrogens with one attached hydrogen (secondary N) is 1. The van der Waals surface area contributed by atoms with E-state index in [0.29, 0.717) is 11.4 Å². The summed E-state index contributed by atoms with van der Waals surface area (Å²) in [5.74, 6) is 0.00957. The van der Waals surface area contributed by atoms with Gasteiger partial charge in [0.1, 0.15) is 5.75 Å². The Hall–Kier alpha value is -2.82. The summed E-state index contributed by atoms with van der Waals surface area (Å²) >= 11 is 0. The standard InChI is InChI=1S/C20H21NO4/c1-24-19(22)13-25-16-11-9-15(10-12-16)21-20(23)18-8-4-6-14-5-2-3-7-17(14)18/h2-3,5,7,9-12,18H,4,6,8,13H2,1H3,(H,21,23)/t18-/m0/s1. The monoisotopic (exact) mass is 339 g/mol. The lowest BCUT2D eigenvalue weighted by Crippen LogP contribution is -2.24. The number of fused-ring (bicyclic) bond motifs is 1. The van der Waals surface area contributed by atoms with Crippen molar-refractivity contribution in [1.82, 2.24) is 0 Å². The minimum absolute atomic E-state index is 0.00961. The molecule has 5 nitrogen and oxygen atoms in total. The van der Waals surface area contributed by atoms with Crippen LogP contribution in [0.5, 0.6) is 5.75 Å². The van der Waals surface area contributed by atoms with Crippen LogP contribution in [0.2, 0.25) is 0 Å². The molecule has 130 valence electrons. The number of anilines is 1. The SMILES string of the molecule is COC(=O)COc1ccc(NC(=O)[C@H]2CCCc3ccccc32)cc1. The summed E-state index contributed by atoms with van der Waals surface area (Å²) in [4.78, 5) is 23.7. The zero-order chi connectivity index (χ0) is 17.6. The lowest BCUT2D eigenvalue weighted by atomic mass is 9.82. The fourth-order valence-electron chi connectivity index (χ4n) is 3.09. The summed E-state index contributed by atoms with van der Waals surface area (Å²) in [6, 6.07) is 15.1. The lowest BCUT2D eigenvalue weighted by molar-refractivity contribution is -0.142. The smallest absolute Gasteiger partial charge is 0.343 e. The van der Waals surface area contributed by atoms with Crippen LogP contribution in [0.15, 0.2) is 48.5 Å². The first-order valence-electron chi connectivity index (χ1n) is 8.35. The van der Waals surface area contributed by atoms with Gasteiger partial charge in [-0.15, -0.1) is 0 Å². The van der Waals surface area contributed by atoms with Gasteiger partial charge in [0.25, 0.3) is 0 Å². The number of aryl methyl sites for hydroxylation is 1. The number of hydrogen-bond acceptors (Lipinski definition) is 4. The maximum atomic E-state index is 12.7. The second-order valence-electron chi connectivity index (χ2n) is 6.02. The highest BCUT2D eigenvalue weighted by molar-refractivity contribution is 5.96. The molecule has 0 bridgehead atoms. The van der Waals surface area contributed by atoms with Gasteiger partial charge in [0.05, 0.1) is 13.0 Å². The Kier molecular flexibility index (Phi) is 5.33. The number of esters is 1. The summed E-state index contributed by atoms with van der Waals surface area (Å²) in [5.41, 5.74) is 3.10. The number of amides is 1. The van der Waals surface area contributed by atoms with Crippen LogP contribution in [0, 0.1) is 0 Å². The van der Waals surface area contributed by atoms with E-state index in [9.17, 15) is 9.59 Å². The Labute approximate surface area is 147 Å². The van der Waals surface area contributed by atoms with Gasteiger partial charge in [-0.3, -0.25) is 4.79 Å². The molecule has 1 aliphatic carbocycles. The van der Waals surface area contributed by atoms with Crippen LogP contribution in [0.3, 0.4) is 0 Å². The summed E-state index contributed by atoms with van der Waals surface area (Å²) < 4.78 is 9.82. The quantitative estimate of drug-likeness (QED) is 0.849. The van der Waals surface area contributed by atoms with Gasteiger partial charge in [0.2, 0.25) is 5.91 Å². The number of rotatable bonds is 5. The average molecular weight is 339 g/mol. The fourth-order valence-corrected chi connectivity index (χ4v) is 3.09. The number of benzene rings is 2. The molecule has 0 saturated heterocycles. The molecule has 0 aromatic heterocycles. The van der Waals surface area contributed by atoms with Crippen LogP contribution in [0.25, 0.3) is 0 Å². The van der Waals surface area contributed by atoms with Gasteiger partial charge < -0.3 is 14.8 Å². The topological polar surface area (TPSA) is 64.6 Å². The molecular formula is C20H21NO4. The molecule has 0 unspecified atom stereocenters. The van der Waals surface area contributed by atoms with Crippen molar-refractivity contribution >= 4 is 17.6 Å². The molecule has 0 radical (unpaired) electrons. The normalized spacial score (nSPS) is 15.8. The Morgan fingerprint density at radius 2 is 1.88 bits per heavy atom. The van der Waals surface area contributed by atoms with Crippen LogP contribution in [-0.4, -0.2) is 25.6 Å². The second kappa shape index (κ2) is 7.83. The lowest BCUT2D eigenvalue weighted by Gasteiger charge is -2.24. The van der Waals surface area contributed by atoms with E-state index in [4.69, 9.17) is 4.74 Å². The first-order valence-corrected chi connectivity index (χ1v) is 8.35. The minimum Gasteiger partial charge on any atom is -0.482 e. The maximum absolute atomic E-state index is 12.7. The highest BCUT2D eigenvalue weighted by atomic mass is 16.6. The highest BCUT2D eigenvalue weighted by Gasteiger charge is 2.26. The zero-order valence-corrected chi connectivity index (χ0v) is 14.2. The van der Waals surface area contributed by atoms with Crippen LogP contribution >= 0.6 is 0 Å². The molecule has 1 amide bonds. The number of carbonyl (C=O) groups is 2. The molecule has 0 fully saturated rings. The molecule has 0 saturated carbocycles. The van der Waals surface area contributed by atoms with Crippen molar-refractivity contribution in [2.24, 2.45) is 0 Å². The molecule has 0 aliphatic heterocycles. The third-order valence-corrected chi connectivity index (χ3v) is 4.39. The Bertz CT molecular complexity index is 755. The minimum atomic E-state index is -0.437. The van der Waals surface area contributed by atoms with E-state index in [1.165, 1.54) is 12.7 Å². The van der Waals surface area contributed by atoms with Crippen LogP contribution in [0.4, 0.5) is 5.69 Å². The molecule has 1 aliphatic rings. The summed E-state index contributed by atoms with van der Waals surface area (Å²) in [7, 11) is 1.31. The van der Waals surface area contributed by atoms with Crippen LogP contribution in [-0.2, 0) is 20.7 Å². The zero-order valence-electron chi connectivity index (χ0n) is 14.2. The first-order chi connectivity index (χ1) is 12.2. The van der Waals surface area contributed by atoms with Crippen molar-refractivity contribution in [3.05, 3.63) is 59.7 Å². The predicted molar refractivity (Wildman–Crippen MR) is 94.7 cm³/mol. The van der Waals surface area contributed by atoms with Crippen LogP contribution < -0.4 is 10.1 Å². The molecule has 1 N–H and O–H groups in total. The molecule has 2 aromatic rings. The number of ether oxygens (including phenoxy) is 2. The molecule has 0 heterocycles. The molecule has 2 aromatic carbocycles. The van der Waals surface area contributed by atoms with Gasteiger partial charge in [-0.25, -0.2) is 4.79 Å². The Morgan fingerprint density at radius 3 is 2.64 bits per heavy atom. The van der Waals surface area contributed by atoms with Gasteiger partial charge in [-0.1, -0.05) is 24.3 Å². The maximum Gasteiger partial charge on any atom is 0.343 e. The summed E-state index contributed by atoms with van der Waals surface area (Å²) in [6.07, 6.45) is 2.92. The summed E-state index contributed by atoms with van der Waals surface area (Å²) in [5, 5.41) is 2.97. The van der Waals surface area contributed by atoms with E-state index in [0.717, 1.165) is 24.8 Å². The van der Waals surface area contributed by atoms with Crippen molar-refractivity contribution < 1.29 is 19.1 Å². The van der Waals surface area contributed by atoms with Gasteiger partial charge >= 0.3 is 5.97 Å². The van der Waals surface area contributed by atoms with E-state index in [2.05, 4.69) is 16.1 Å². The van der Waals surface area contributed by atoms with E-state index in [1.54, 1.807) is 24.3 Å². The Balaban J connectivity index is 1.63. The van der Waals surface area contributed by atoms with Crippen molar-refractivity contribution in [1.29, 1.82) is 0 Å². The third-order valence-electron chi connectivity index (χ3n) is 4.39. The van der Waals surface area contributed by atoms with Crippen molar-refractivity contribution in [2.75, 3.05) is 19.0 Å². The fraction of sp³-hybridized carbons (Fsp3) is 0.300. The molecular weight excluding hydrogens is 318 g/mol. The molecule has 1 atom stereocenters. The number of carbonyl (C=O) groups excluding carboxylic acids is 2. The Morgan fingerprint density at radius 1 is 1.12 bits per heavy atom. The molecule has 3 rings (SSSR count). The van der Waals surface area contributed by atoms with Crippen molar-refractivity contribution in [3.8, 4) is 5.75 Å². The van der Waals surface area contributed by atoms with E-state index >= 15 is 0 Å². The average Bonchev–Trinajstić information content (AvgIpc) is 2.66. The van der Waals surface area contributed by atoms with E-state index in [1.807, 2.05) is 18.2 Å².